The third-order valence-electron chi connectivity index (χ3n) is 0.654. The van der Waals surface area contributed by atoms with Crippen molar-refractivity contribution in [2.45, 2.75) is 20.5 Å². The Balaban J connectivity index is 0.000000291. The third kappa shape index (κ3) is 2.81. The van der Waals surface area contributed by atoms with Crippen LogP contribution in [0, 0.1) is 0 Å². The quantitative estimate of drug-likeness (QED) is 0.588. The van der Waals surface area contributed by atoms with Gasteiger partial charge < -0.3 is 5.73 Å². The summed E-state index contributed by atoms with van der Waals surface area (Å²) in [6.07, 6.45) is 3.02. The van der Waals surface area contributed by atoms with Gasteiger partial charge in [0.05, 0.1) is 6.67 Å². The van der Waals surface area contributed by atoms with E-state index in [1.54, 1.807) is 11.0 Å². The standard InChI is InChI=1S/C3H6N4.C2H6/c4-1-7-3-5-2-6-7;1-2/h2-3H,1,4H2;1-2H3. The van der Waals surface area contributed by atoms with Crippen LogP contribution < -0.4 is 5.73 Å². The van der Waals surface area contributed by atoms with Gasteiger partial charge in [0.15, 0.2) is 0 Å². The molecule has 4 heteroatoms. The van der Waals surface area contributed by atoms with Gasteiger partial charge in [-0.1, -0.05) is 13.8 Å². The number of hydrogen-bond acceptors (Lipinski definition) is 3. The molecule has 0 amide bonds. The Kier molecular flexibility index (Phi) is 4.72. The van der Waals surface area contributed by atoms with E-state index in [9.17, 15) is 0 Å². The first kappa shape index (κ1) is 8.10. The topological polar surface area (TPSA) is 56.7 Å². The Hall–Kier alpha value is -0.900. The van der Waals surface area contributed by atoms with Crippen molar-refractivity contribution in [3.05, 3.63) is 12.7 Å². The van der Waals surface area contributed by atoms with Crippen molar-refractivity contribution in [3.63, 3.8) is 0 Å². The lowest BCUT2D eigenvalue weighted by atomic mass is 11.0. The fourth-order valence-electron chi connectivity index (χ4n) is 0.327. The van der Waals surface area contributed by atoms with E-state index in [4.69, 9.17) is 5.73 Å². The first-order valence-electron chi connectivity index (χ1n) is 2.96. The van der Waals surface area contributed by atoms with Gasteiger partial charge in [-0.05, 0) is 0 Å². The summed E-state index contributed by atoms with van der Waals surface area (Å²) in [6, 6.07) is 0. The second-order valence-electron chi connectivity index (χ2n) is 1.12. The molecule has 1 aromatic rings. The smallest absolute Gasteiger partial charge is 0.137 e. The zero-order valence-electron chi connectivity index (χ0n) is 5.78. The van der Waals surface area contributed by atoms with E-state index in [2.05, 4.69) is 10.1 Å². The van der Waals surface area contributed by atoms with Crippen LogP contribution in [0.15, 0.2) is 12.7 Å². The lowest BCUT2D eigenvalue weighted by Crippen LogP contribution is -2.06. The first-order chi connectivity index (χ1) is 4.43. The number of hydrogen-bond donors (Lipinski definition) is 1. The van der Waals surface area contributed by atoms with E-state index in [-0.39, 0.29) is 0 Å². The molecule has 0 spiro atoms. The summed E-state index contributed by atoms with van der Waals surface area (Å²) in [6.45, 7) is 4.40. The van der Waals surface area contributed by atoms with Crippen LogP contribution >= 0.6 is 0 Å². The molecule has 0 aliphatic carbocycles. The van der Waals surface area contributed by atoms with Crippen LogP contribution in [0.5, 0.6) is 0 Å². The Morgan fingerprint density at radius 2 is 2.22 bits per heavy atom. The summed E-state index contributed by atoms with van der Waals surface area (Å²) in [4.78, 5) is 3.66. The maximum Gasteiger partial charge on any atom is 0.137 e. The van der Waals surface area contributed by atoms with Crippen LogP contribution in [-0.4, -0.2) is 14.8 Å². The third-order valence-corrected chi connectivity index (χ3v) is 0.654. The molecule has 0 saturated heterocycles. The van der Waals surface area contributed by atoms with Crippen LogP contribution in [0.25, 0.3) is 0 Å². The maximum atomic E-state index is 5.15. The molecule has 0 radical (unpaired) electrons. The van der Waals surface area contributed by atoms with Gasteiger partial charge in [-0.3, -0.25) is 0 Å². The van der Waals surface area contributed by atoms with Gasteiger partial charge in [0.25, 0.3) is 0 Å². The summed E-state index contributed by atoms with van der Waals surface area (Å²) >= 11 is 0. The molecule has 0 aliphatic heterocycles. The van der Waals surface area contributed by atoms with Gasteiger partial charge in [-0.15, -0.1) is 0 Å². The second kappa shape index (κ2) is 5.24. The van der Waals surface area contributed by atoms with Crippen molar-refractivity contribution in [2.24, 2.45) is 5.73 Å². The number of aromatic nitrogens is 3. The summed E-state index contributed by atoms with van der Waals surface area (Å²) in [7, 11) is 0. The van der Waals surface area contributed by atoms with E-state index in [0.717, 1.165) is 0 Å². The largest absolute Gasteiger partial charge is 0.312 e. The van der Waals surface area contributed by atoms with Crippen LogP contribution in [0.1, 0.15) is 13.8 Å². The summed E-state index contributed by atoms with van der Waals surface area (Å²) in [5, 5.41) is 3.72. The van der Waals surface area contributed by atoms with Crippen LogP contribution in [0.2, 0.25) is 0 Å². The number of rotatable bonds is 1. The van der Waals surface area contributed by atoms with Gasteiger partial charge in [0, 0.05) is 0 Å². The molecule has 0 fully saturated rings. The molecule has 4 nitrogen and oxygen atoms in total. The lowest BCUT2D eigenvalue weighted by molar-refractivity contribution is 0.636. The second-order valence-corrected chi connectivity index (χ2v) is 1.12. The highest BCUT2D eigenvalue weighted by atomic mass is 15.3. The van der Waals surface area contributed by atoms with Gasteiger partial charge in [-0.25, -0.2) is 9.67 Å². The zero-order valence-corrected chi connectivity index (χ0v) is 5.78. The predicted molar refractivity (Wildman–Crippen MR) is 35.6 cm³/mol. The molecule has 1 aromatic heterocycles. The molecule has 0 unspecified atom stereocenters. The van der Waals surface area contributed by atoms with Crippen molar-refractivity contribution in [1.29, 1.82) is 0 Å². The fourth-order valence-corrected chi connectivity index (χ4v) is 0.327. The Morgan fingerprint density at radius 3 is 2.44 bits per heavy atom. The normalized spacial score (nSPS) is 7.89. The lowest BCUT2D eigenvalue weighted by Gasteiger charge is -1.86. The van der Waals surface area contributed by atoms with Gasteiger partial charge in [0.2, 0.25) is 0 Å². The van der Waals surface area contributed by atoms with E-state index in [1.165, 1.54) is 6.33 Å². The van der Waals surface area contributed by atoms with E-state index in [0.29, 0.717) is 6.67 Å². The van der Waals surface area contributed by atoms with Crippen molar-refractivity contribution in [3.8, 4) is 0 Å². The molecule has 0 aliphatic rings. The molecule has 1 heterocycles. The highest BCUT2D eigenvalue weighted by Crippen LogP contribution is 1.69. The maximum absolute atomic E-state index is 5.15. The molecular formula is C5H12N4. The summed E-state index contributed by atoms with van der Waals surface area (Å²) < 4.78 is 1.54. The highest BCUT2D eigenvalue weighted by molar-refractivity contribution is 4.52. The summed E-state index contributed by atoms with van der Waals surface area (Å²) in [5.41, 5.74) is 5.15. The zero-order chi connectivity index (χ0) is 7.11. The van der Waals surface area contributed by atoms with Crippen molar-refractivity contribution < 1.29 is 0 Å². The molecule has 0 saturated carbocycles. The average molecular weight is 128 g/mol. The minimum Gasteiger partial charge on any atom is -0.312 e. The van der Waals surface area contributed by atoms with Gasteiger partial charge in [-0.2, -0.15) is 5.10 Å². The average Bonchev–Trinajstić information content (AvgIpc) is 2.43. The first-order valence-corrected chi connectivity index (χ1v) is 2.96. The Labute approximate surface area is 54.7 Å². The van der Waals surface area contributed by atoms with Crippen LogP contribution in [0.3, 0.4) is 0 Å². The predicted octanol–water partition coefficient (Wildman–Crippen LogP) is 0.221. The van der Waals surface area contributed by atoms with E-state index in [1.807, 2.05) is 13.8 Å². The fraction of sp³-hybridized carbons (Fsp3) is 0.600. The summed E-state index contributed by atoms with van der Waals surface area (Å²) in [5.74, 6) is 0. The highest BCUT2D eigenvalue weighted by Gasteiger charge is 1.78. The minimum atomic E-state index is 0.403. The van der Waals surface area contributed by atoms with E-state index >= 15 is 0 Å². The Bertz CT molecular complexity index is 124. The van der Waals surface area contributed by atoms with Gasteiger partial charge >= 0.3 is 0 Å². The monoisotopic (exact) mass is 128 g/mol. The van der Waals surface area contributed by atoms with Gasteiger partial charge in [0.1, 0.15) is 12.7 Å². The Morgan fingerprint density at radius 1 is 1.56 bits per heavy atom. The number of nitrogens with zero attached hydrogens (tertiary/aromatic N) is 3. The molecule has 52 valence electrons. The van der Waals surface area contributed by atoms with E-state index < -0.39 is 0 Å². The van der Waals surface area contributed by atoms with Crippen LogP contribution in [0.4, 0.5) is 0 Å². The molecule has 2 N–H and O–H groups in total. The van der Waals surface area contributed by atoms with Crippen LogP contribution in [-0.2, 0) is 6.67 Å². The number of nitrogens with two attached hydrogens (primary N) is 1. The molecule has 0 aromatic carbocycles. The van der Waals surface area contributed by atoms with Crippen molar-refractivity contribution >= 4 is 0 Å². The molecule has 9 heavy (non-hydrogen) atoms. The molecule has 1 rings (SSSR count). The minimum absolute atomic E-state index is 0.403. The molecule has 0 bridgehead atoms. The SMILES string of the molecule is CC.NCn1cncn1. The van der Waals surface area contributed by atoms with Crippen molar-refractivity contribution in [2.75, 3.05) is 0 Å². The molecular weight excluding hydrogens is 116 g/mol. The van der Waals surface area contributed by atoms with Crippen molar-refractivity contribution in [1.82, 2.24) is 14.8 Å². The molecule has 0 atom stereocenters.